The summed E-state index contributed by atoms with van der Waals surface area (Å²) >= 11 is 0. The number of amides is 1. The number of halogens is 1. The van der Waals surface area contributed by atoms with Crippen LogP contribution in [0.2, 0.25) is 0 Å². The molecule has 2 aromatic heterocycles. The van der Waals surface area contributed by atoms with Gasteiger partial charge in [-0.1, -0.05) is 0 Å². The van der Waals surface area contributed by atoms with Crippen molar-refractivity contribution in [2.45, 2.75) is 26.4 Å². The van der Waals surface area contributed by atoms with E-state index in [1.54, 1.807) is 0 Å². The van der Waals surface area contributed by atoms with Crippen molar-refractivity contribution >= 4 is 18.3 Å². The summed E-state index contributed by atoms with van der Waals surface area (Å²) in [6.07, 6.45) is 0.880. The fraction of sp³-hybridized carbons (Fsp3) is 0.529. The van der Waals surface area contributed by atoms with Gasteiger partial charge in [0.2, 0.25) is 0 Å². The van der Waals surface area contributed by atoms with Crippen molar-refractivity contribution in [3.63, 3.8) is 0 Å². The SMILES string of the molecule is Cc1ccc(CN(CCN(C)C)C(=O)c2n[nH]c3c2CNCC3)o1.Cl. The predicted octanol–water partition coefficient (Wildman–Crippen LogP) is 1.58. The zero-order valence-corrected chi connectivity index (χ0v) is 15.8. The van der Waals surface area contributed by atoms with E-state index in [0.717, 1.165) is 42.3 Å². The second kappa shape index (κ2) is 8.51. The quantitative estimate of drug-likeness (QED) is 0.810. The van der Waals surface area contributed by atoms with Crippen LogP contribution < -0.4 is 5.32 Å². The van der Waals surface area contributed by atoms with Crippen LogP contribution in [-0.4, -0.2) is 59.6 Å². The van der Waals surface area contributed by atoms with Gasteiger partial charge in [-0.15, -0.1) is 12.4 Å². The number of aromatic amines is 1. The smallest absolute Gasteiger partial charge is 0.275 e. The van der Waals surface area contributed by atoms with Crippen LogP contribution in [0.25, 0.3) is 0 Å². The molecule has 2 aromatic rings. The van der Waals surface area contributed by atoms with Crippen LogP contribution in [0, 0.1) is 6.92 Å². The van der Waals surface area contributed by atoms with Crippen molar-refractivity contribution in [2.24, 2.45) is 0 Å². The molecular formula is C17H26ClN5O2. The number of aryl methyl sites for hydroxylation is 1. The Morgan fingerprint density at radius 3 is 2.80 bits per heavy atom. The fourth-order valence-corrected chi connectivity index (χ4v) is 2.88. The van der Waals surface area contributed by atoms with Crippen LogP contribution in [-0.2, 0) is 19.5 Å². The topological polar surface area (TPSA) is 77.4 Å². The molecular weight excluding hydrogens is 342 g/mol. The molecule has 1 amide bonds. The van der Waals surface area contributed by atoms with Gasteiger partial charge in [-0.3, -0.25) is 9.89 Å². The normalized spacial score (nSPS) is 13.4. The Labute approximate surface area is 154 Å². The molecule has 1 aliphatic rings. The molecule has 1 aliphatic heterocycles. The number of aromatic nitrogens is 2. The van der Waals surface area contributed by atoms with Gasteiger partial charge in [0.25, 0.3) is 5.91 Å². The number of nitrogens with zero attached hydrogens (tertiary/aromatic N) is 3. The van der Waals surface area contributed by atoms with E-state index in [2.05, 4.69) is 20.4 Å². The highest BCUT2D eigenvalue weighted by atomic mass is 35.5. The lowest BCUT2D eigenvalue weighted by Crippen LogP contribution is -2.37. The average molecular weight is 368 g/mol. The van der Waals surface area contributed by atoms with E-state index in [9.17, 15) is 4.79 Å². The third-order valence-corrected chi connectivity index (χ3v) is 4.26. The predicted molar refractivity (Wildman–Crippen MR) is 98.0 cm³/mol. The summed E-state index contributed by atoms with van der Waals surface area (Å²) in [6, 6.07) is 3.84. The summed E-state index contributed by atoms with van der Waals surface area (Å²) in [5.74, 6) is 1.60. The fourth-order valence-electron chi connectivity index (χ4n) is 2.88. The van der Waals surface area contributed by atoms with E-state index in [0.29, 0.717) is 25.3 Å². The standard InChI is InChI=1S/C17H25N5O2.ClH/c1-12-4-5-13(24-12)11-22(9-8-21(2)3)17(23)16-14-10-18-7-6-15(14)19-20-16;/h4-5,18H,6-11H2,1-3H3,(H,19,20);1H. The van der Waals surface area contributed by atoms with E-state index in [1.807, 2.05) is 38.1 Å². The van der Waals surface area contributed by atoms with Gasteiger partial charge in [0.1, 0.15) is 11.5 Å². The third-order valence-electron chi connectivity index (χ3n) is 4.26. The molecule has 0 saturated heterocycles. The van der Waals surface area contributed by atoms with Crippen LogP contribution in [0.4, 0.5) is 0 Å². The lowest BCUT2D eigenvalue weighted by Gasteiger charge is -2.23. The van der Waals surface area contributed by atoms with Gasteiger partial charge in [-0.2, -0.15) is 5.10 Å². The van der Waals surface area contributed by atoms with Crippen molar-refractivity contribution < 1.29 is 9.21 Å². The highest BCUT2D eigenvalue weighted by molar-refractivity contribution is 5.94. The van der Waals surface area contributed by atoms with E-state index < -0.39 is 0 Å². The van der Waals surface area contributed by atoms with Crippen LogP contribution in [0.3, 0.4) is 0 Å². The monoisotopic (exact) mass is 367 g/mol. The number of rotatable bonds is 6. The van der Waals surface area contributed by atoms with E-state index >= 15 is 0 Å². The van der Waals surface area contributed by atoms with Crippen LogP contribution in [0.1, 0.15) is 33.3 Å². The summed E-state index contributed by atoms with van der Waals surface area (Å²) in [5, 5.41) is 10.6. The van der Waals surface area contributed by atoms with Gasteiger partial charge in [0.15, 0.2) is 5.69 Å². The van der Waals surface area contributed by atoms with Crippen molar-refractivity contribution in [1.29, 1.82) is 0 Å². The first-order valence-corrected chi connectivity index (χ1v) is 8.30. The third kappa shape index (κ3) is 4.62. The summed E-state index contributed by atoms with van der Waals surface area (Å²) in [6.45, 7) is 5.38. The number of fused-ring (bicyclic) bond motifs is 1. The van der Waals surface area contributed by atoms with Gasteiger partial charge >= 0.3 is 0 Å². The second-order valence-corrected chi connectivity index (χ2v) is 6.50. The first-order valence-electron chi connectivity index (χ1n) is 8.30. The van der Waals surface area contributed by atoms with Gasteiger partial charge in [0, 0.05) is 43.9 Å². The lowest BCUT2D eigenvalue weighted by molar-refractivity contribution is 0.0712. The van der Waals surface area contributed by atoms with Crippen LogP contribution in [0.15, 0.2) is 16.5 Å². The van der Waals surface area contributed by atoms with E-state index in [4.69, 9.17) is 4.42 Å². The Hall–Kier alpha value is -1.83. The van der Waals surface area contributed by atoms with Gasteiger partial charge < -0.3 is 19.5 Å². The first kappa shape index (κ1) is 19.5. The Morgan fingerprint density at radius 2 is 2.12 bits per heavy atom. The molecule has 0 fully saturated rings. The zero-order chi connectivity index (χ0) is 17.1. The largest absolute Gasteiger partial charge is 0.464 e. The number of likely N-dealkylation sites (N-methyl/N-ethyl adjacent to an activating group) is 1. The molecule has 3 rings (SSSR count). The lowest BCUT2D eigenvalue weighted by atomic mass is 10.1. The minimum absolute atomic E-state index is 0. The molecule has 0 atom stereocenters. The number of furan rings is 1. The highest BCUT2D eigenvalue weighted by Crippen LogP contribution is 2.18. The molecule has 138 valence electrons. The molecule has 0 unspecified atom stereocenters. The highest BCUT2D eigenvalue weighted by Gasteiger charge is 2.26. The molecule has 0 radical (unpaired) electrons. The number of carbonyl (C=O) groups is 1. The summed E-state index contributed by atoms with van der Waals surface area (Å²) in [7, 11) is 4.00. The van der Waals surface area contributed by atoms with Crippen molar-refractivity contribution in [1.82, 2.24) is 25.3 Å². The number of hydrogen-bond donors (Lipinski definition) is 2. The Balaban J connectivity index is 0.00000225. The second-order valence-electron chi connectivity index (χ2n) is 6.50. The summed E-state index contributed by atoms with van der Waals surface area (Å²) in [4.78, 5) is 16.9. The Morgan fingerprint density at radius 1 is 1.32 bits per heavy atom. The molecule has 7 nitrogen and oxygen atoms in total. The maximum atomic E-state index is 13.1. The number of nitrogens with one attached hydrogen (secondary N) is 2. The number of H-pyrrole nitrogens is 1. The van der Waals surface area contributed by atoms with Gasteiger partial charge in [-0.25, -0.2) is 0 Å². The molecule has 0 bridgehead atoms. The molecule has 0 spiro atoms. The van der Waals surface area contributed by atoms with Gasteiger partial charge in [0.05, 0.1) is 6.54 Å². The Kier molecular flexibility index (Phi) is 6.64. The number of hydrogen-bond acceptors (Lipinski definition) is 5. The molecule has 0 saturated carbocycles. The summed E-state index contributed by atoms with van der Waals surface area (Å²) in [5.41, 5.74) is 2.59. The van der Waals surface area contributed by atoms with Crippen molar-refractivity contribution in [3.05, 3.63) is 40.6 Å². The number of carbonyl (C=O) groups excluding carboxylic acids is 1. The minimum atomic E-state index is -0.0490. The molecule has 2 N–H and O–H groups in total. The minimum Gasteiger partial charge on any atom is -0.464 e. The molecule has 0 aliphatic carbocycles. The zero-order valence-electron chi connectivity index (χ0n) is 15.0. The maximum absolute atomic E-state index is 13.1. The molecule has 25 heavy (non-hydrogen) atoms. The molecule has 0 aromatic carbocycles. The maximum Gasteiger partial charge on any atom is 0.275 e. The van der Waals surface area contributed by atoms with Crippen LogP contribution in [0.5, 0.6) is 0 Å². The average Bonchev–Trinajstić information content (AvgIpc) is 3.16. The summed E-state index contributed by atoms with van der Waals surface area (Å²) < 4.78 is 5.65. The van der Waals surface area contributed by atoms with Crippen molar-refractivity contribution in [2.75, 3.05) is 33.7 Å². The van der Waals surface area contributed by atoms with E-state index in [-0.39, 0.29) is 18.3 Å². The molecule has 3 heterocycles. The first-order chi connectivity index (χ1) is 11.5. The van der Waals surface area contributed by atoms with Gasteiger partial charge in [-0.05, 0) is 33.2 Å². The van der Waals surface area contributed by atoms with E-state index in [1.165, 1.54) is 0 Å². The van der Waals surface area contributed by atoms with Crippen LogP contribution >= 0.6 is 12.4 Å². The Bertz CT molecular complexity index is 710. The van der Waals surface area contributed by atoms with Crippen molar-refractivity contribution in [3.8, 4) is 0 Å². The molecule has 8 heteroatoms.